The molecule has 0 atom stereocenters. The third-order valence-corrected chi connectivity index (χ3v) is 3.99. The zero-order chi connectivity index (χ0) is 13.4. The van der Waals surface area contributed by atoms with Crippen molar-refractivity contribution in [3.05, 3.63) is 11.6 Å². The molecule has 2 fully saturated rings. The van der Waals surface area contributed by atoms with E-state index in [-0.39, 0.29) is 5.91 Å². The smallest absolute Gasteiger partial charge is 0.293 e. The molecule has 6 nitrogen and oxygen atoms in total. The Morgan fingerprint density at radius 2 is 1.95 bits per heavy atom. The van der Waals surface area contributed by atoms with E-state index in [1.807, 2.05) is 4.90 Å². The standard InChI is InChI=1S/C13H21N5O/c1-9(2)17-5-7-18(8-6-17)13(19)12-14-11(15-16-12)10-3-4-10/h9-10H,3-8H2,1-2H3,(H,14,15,16). The number of carbonyl (C=O) groups is 1. The molecule has 19 heavy (non-hydrogen) atoms. The van der Waals surface area contributed by atoms with E-state index in [1.54, 1.807) is 0 Å². The number of hydrogen-bond donors (Lipinski definition) is 1. The molecule has 1 aromatic heterocycles. The highest BCUT2D eigenvalue weighted by atomic mass is 16.2. The van der Waals surface area contributed by atoms with Gasteiger partial charge >= 0.3 is 0 Å². The summed E-state index contributed by atoms with van der Waals surface area (Å²) < 4.78 is 0. The number of aromatic nitrogens is 3. The lowest BCUT2D eigenvalue weighted by atomic mass is 10.2. The summed E-state index contributed by atoms with van der Waals surface area (Å²) in [6.45, 7) is 7.78. The van der Waals surface area contributed by atoms with Crippen molar-refractivity contribution in [2.45, 2.75) is 38.6 Å². The van der Waals surface area contributed by atoms with Crippen molar-refractivity contribution >= 4 is 5.91 Å². The third-order valence-electron chi connectivity index (χ3n) is 3.99. The van der Waals surface area contributed by atoms with Crippen LogP contribution in [-0.2, 0) is 0 Å². The van der Waals surface area contributed by atoms with E-state index in [2.05, 4.69) is 33.9 Å². The predicted octanol–water partition coefficient (Wildman–Crippen LogP) is 0.848. The maximum Gasteiger partial charge on any atom is 0.293 e. The molecule has 0 unspecified atom stereocenters. The molecule has 1 amide bonds. The van der Waals surface area contributed by atoms with Crippen molar-refractivity contribution < 1.29 is 4.79 Å². The highest BCUT2D eigenvalue weighted by molar-refractivity contribution is 5.90. The number of piperazine rings is 1. The van der Waals surface area contributed by atoms with Gasteiger partial charge in [0.15, 0.2) is 0 Å². The van der Waals surface area contributed by atoms with Gasteiger partial charge in [0.25, 0.3) is 5.91 Å². The van der Waals surface area contributed by atoms with Crippen LogP contribution in [0.5, 0.6) is 0 Å². The lowest BCUT2D eigenvalue weighted by Crippen LogP contribution is -2.50. The fourth-order valence-electron chi connectivity index (χ4n) is 2.49. The topological polar surface area (TPSA) is 65.1 Å². The Morgan fingerprint density at radius 1 is 1.26 bits per heavy atom. The number of nitrogens with one attached hydrogen (secondary N) is 1. The largest absolute Gasteiger partial charge is 0.333 e. The molecule has 2 heterocycles. The van der Waals surface area contributed by atoms with E-state index in [4.69, 9.17) is 0 Å². The summed E-state index contributed by atoms with van der Waals surface area (Å²) in [6, 6.07) is 0.544. The van der Waals surface area contributed by atoms with Gasteiger partial charge in [0.2, 0.25) is 5.82 Å². The van der Waals surface area contributed by atoms with E-state index >= 15 is 0 Å². The summed E-state index contributed by atoms with van der Waals surface area (Å²) in [7, 11) is 0. The summed E-state index contributed by atoms with van der Waals surface area (Å²) >= 11 is 0. The molecule has 104 valence electrons. The minimum absolute atomic E-state index is 0.0356. The number of nitrogens with zero attached hydrogens (tertiary/aromatic N) is 4. The van der Waals surface area contributed by atoms with Gasteiger partial charge in [0.1, 0.15) is 5.82 Å². The number of carbonyl (C=O) groups excluding carboxylic acids is 1. The van der Waals surface area contributed by atoms with Crippen LogP contribution in [0.25, 0.3) is 0 Å². The summed E-state index contributed by atoms with van der Waals surface area (Å²) in [4.78, 5) is 20.9. The summed E-state index contributed by atoms with van der Waals surface area (Å²) in [5, 5.41) is 6.96. The summed E-state index contributed by atoms with van der Waals surface area (Å²) in [6.07, 6.45) is 2.33. The second-order valence-corrected chi connectivity index (χ2v) is 5.74. The Hall–Kier alpha value is -1.43. The lowest BCUT2D eigenvalue weighted by Gasteiger charge is -2.36. The van der Waals surface area contributed by atoms with E-state index in [0.717, 1.165) is 44.8 Å². The average Bonchev–Trinajstić information content (AvgIpc) is 3.16. The first-order valence-electron chi connectivity index (χ1n) is 7.11. The van der Waals surface area contributed by atoms with Crippen LogP contribution >= 0.6 is 0 Å². The molecule has 1 aromatic rings. The molecule has 0 radical (unpaired) electrons. The third kappa shape index (κ3) is 2.63. The zero-order valence-electron chi connectivity index (χ0n) is 11.6. The lowest BCUT2D eigenvalue weighted by molar-refractivity contribution is 0.0584. The number of hydrogen-bond acceptors (Lipinski definition) is 4. The van der Waals surface area contributed by atoms with Gasteiger partial charge in [-0.2, -0.15) is 0 Å². The maximum atomic E-state index is 12.3. The van der Waals surface area contributed by atoms with E-state index < -0.39 is 0 Å². The molecule has 0 bridgehead atoms. The molecule has 1 N–H and O–H groups in total. The summed E-state index contributed by atoms with van der Waals surface area (Å²) in [5.74, 6) is 1.68. The first-order chi connectivity index (χ1) is 9.15. The predicted molar refractivity (Wildman–Crippen MR) is 71.0 cm³/mol. The van der Waals surface area contributed by atoms with Crippen LogP contribution in [0.15, 0.2) is 0 Å². The highest BCUT2D eigenvalue weighted by Gasteiger charge is 2.30. The van der Waals surface area contributed by atoms with Gasteiger partial charge < -0.3 is 4.90 Å². The van der Waals surface area contributed by atoms with E-state index in [9.17, 15) is 4.79 Å². The van der Waals surface area contributed by atoms with Crippen LogP contribution in [0.2, 0.25) is 0 Å². The fourth-order valence-corrected chi connectivity index (χ4v) is 2.49. The Balaban J connectivity index is 1.61. The van der Waals surface area contributed by atoms with E-state index in [1.165, 1.54) is 0 Å². The maximum absolute atomic E-state index is 12.3. The van der Waals surface area contributed by atoms with Gasteiger partial charge in [-0.3, -0.25) is 14.8 Å². The van der Waals surface area contributed by atoms with Crippen molar-refractivity contribution in [1.82, 2.24) is 25.0 Å². The second-order valence-electron chi connectivity index (χ2n) is 5.74. The van der Waals surface area contributed by atoms with Crippen molar-refractivity contribution in [1.29, 1.82) is 0 Å². The zero-order valence-corrected chi connectivity index (χ0v) is 11.6. The van der Waals surface area contributed by atoms with Gasteiger partial charge in [-0.25, -0.2) is 4.98 Å². The minimum atomic E-state index is -0.0356. The first kappa shape index (κ1) is 12.6. The van der Waals surface area contributed by atoms with Gasteiger partial charge in [0.05, 0.1) is 0 Å². The van der Waals surface area contributed by atoms with Crippen molar-refractivity contribution in [3.63, 3.8) is 0 Å². The summed E-state index contributed by atoms with van der Waals surface area (Å²) in [5.41, 5.74) is 0. The molecule has 6 heteroatoms. The average molecular weight is 263 g/mol. The van der Waals surface area contributed by atoms with Crippen LogP contribution in [-0.4, -0.2) is 63.1 Å². The second kappa shape index (κ2) is 4.92. The number of rotatable bonds is 3. The normalized spacial score (nSPS) is 21.1. The molecule has 1 aliphatic heterocycles. The number of amides is 1. The quantitative estimate of drug-likeness (QED) is 0.878. The molecule has 2 aliphatic rings. The fraction of sp³-hybridized carbons (Fsp3) is 0.769. The van der Waals surface area contributed by atoms with Crippen LogP contribution in [0, 0.1) is 0 Å². The molecule has 3 rings (SSSR count). The van der Waals surface area contributed by atoms with Crippen molar-refractivity contribution in [2.75, 3.05) is 26.2 Å². The Bertz CT molecular complexity index is 457. The van der Waals surface area contributed by atoms with Gasteiger partial charge in [0, 0.05) is 38.1 Å². The highest BCUT2D eigenvalue weighted by Crippen LogP contribution is 2.37. The SMILES string of the molecule is CC(C)N1CCN(C(=O)c2n[nH]c(C3CC3)n2)CC1. The van der Waals surface area contributed by atoms with Crippen LogP contribution < -0.4 is 0 Å². The molecular formula is C13H21N5O. The minimum Gasteiger partial charge on any atom is -0.333 e. The van der Waals surface area contributed by atoms with Crippen molar-refractivity contribution in [2.24, 2.45) is 0 Å². The van der Waals surface area contributed by atoms with Crippen LogP contribution in [0.1, 0.15) is 49.1 Å². The molecule has 1 saturated carbocycles. The molecular weight excluding hydrogens is 242 g/mol. The van der Waals surface area contributed by atoms with Crippen LogP contribution in [0.4, 0.5) is 0 Å². The Labute approximate surface area is 113 Å². The number of H-pyrrole nitrogens is 1. The molecule has 0 spiro atoms. The molecule has 0 aromatic carbocycles. The molecule has 1 saturated heterocycles. The molecule has 1 aliphatic carbocycles. The first-order valence-corrected chi connectivity index (χ1v) is 7.11. The van der Waals surface area contributed by atoms with Crippen LogP contribution in [0.3, 0.4) is 0 Å². The Kier molecular flexibility index (Phi) is 3.26. The van der Waals surface area contributed by atoms with Gasteiger partial charge in [-0.15, -0.1) is 5.10 Å². The van der Waals surface area contributed by atoms with Gasteiger partial charge in [-0.05, 0) is 26.7 Å². The number of aromatic amines is 1. The van der Waals surface area contributed by atoms with Gasteiger partial charge in [-0.1, -0.05) is 0 Å². The van der Waals surface area contributed by atoms with Crippen molar-refractivity contribution in [3.8, 4) is 0 Å². The monoisotopic (exact) mass is 263 g/mol. The Morgan fingerprint density at radius 3 is 2.53 bits per heavy atom. The van der Waals surface area contributed by atoms with E-state index in [0.29, 0.717) is 17.8 Å².